The van der Waals surface area contributed by atoms with Gasteiger partial charge < -0.3 is 4.90 Å². The minimum absolute atomic E-state index is 0.0395. The number of aryl methyl sites for hydroxylation is 1. The lowest BCUT2D eigenvalue weighted by molar-refractivity contribution is -0.136. The molecule has 3 rings (SSSR count). The number of benzene rings is 1. The molecule has 1 aromatic carbocycles. The molecule has 1 aromatic rings. The maximum absolute atomic E-state index is 12.8. The van der Waals surface area contributed by atoms with Crippen LogP contribution in [0.25, 0.3) is 0 Å². The fraction of sp³-hybridized carbons (Fsp3) is 0.588. The van der Waals surface area contributed by atoms with Gasteiger partial charge in [-0.1, -0.05) is 36.8 Å². The molecule has 0 aromatic heterocycles. The lowest BCUT2D eigenvalue weighted by atomic mass is 9.89. The Hall–Kier alpha value is -1.35. The highest BCUT2D eigenvalue weighted by Crippen LogP contribution is 2.39. The van der Waals surface area contributed by atoms with E-state index in [1.165, 1.54) is 17.5 Å². The van der Waals surface area contributed by atoms with Crippen LogP contribution in [0.2, 0.25) is 0 Å². The van der Waals surface area contributed by atoms with Gasteiger partial charge in [0.2, 0.25) is 5.91 Å². The fourth-order valence-electron chi connectivity index (χ4n) is 3.21. The van der Waals surface area contributed by atoms with Crippen LogP contribution in [0.5, 0.6) is 0 Å². The monoisotopic (exact) mass is 272 g/mol. The standard InChI is InChI=1S/C17H24N2O/c1-4-17(3)16(20)19(14-9-6-10-14)15(18-17)13-8-5-7-12(2)11-13/h5,7-8,11,14-15,18H,4,6,9-10H2,1-3H3. The van der Waals surface area contributed by atoms with Gasteiger partial charge in [0, 0.05) is 6.04 Å². The van der Waals surface area contributed by atoms with Crippen molar-refractivity contribution in [1.82, 2.24) is 10.2 Å². The first-order chi connectivity index (χ1) is 9.55. The quantitative estimate of drug-likeness (QED) is 0.916. The normalized spacial score (nSPS) is 30.6. The minimum Gasteiger partial charge on any atom is -0.318 e. The number of nitrogens with zero attached hydrogens (tertiary/aromatic N) is 1. The molecule has 1 saturated carbocycles. The van der Waals surface area contributed by atoms with Crippen LogP contribution in [0.3, 0.4) is 0 Å². The Morgan fingerprint density at radius 1 is 1.40 bits per heavy atom. The summed E-state index contributed by atoms with van der Waals surface area (Å²) in [5, 5.41) is 3.59. The van der Waals surface area contributed by atoms with Gasteiger partial charge in [-0.2, -0.15) is 0 Å². The van der Waals surface area contributed by atoms with Crippen LogP contribution in [0.4, 0.5) is 0 Å². The highest BCUT2D eigenvalue weighted by Gasteiger charge is 2.50. The summed E-state index contributed by atoms with van der Waals surface area (Å²) in [6.45, 7) is 6.23. The number of rotatable bonds is 3. The van der Waals surface area contributed by atoms with Gasteiger partial charge in [0.1, 0.15) is 6.17 Å². The van der Waals surface area contributed by atoms with Crippen molar-refractivity contribution < 1.29 is 4.79 Å². The van der Waals surface area contributed by atoms with Crippen molar-refractivity contribution in [1.29, 1.82) is 0 Å². The van der Waals surface area contributed by atoms with Crippen molar-refractivity contribution in [2.45, 2.75) is 64.2 Å². The Morgan fingerprint density at radius 2 is 2.15 bits per heavy atom. The van der Waals surface area contributed by atoms with Crippen molar-refractivity contribution in [2.24, 2.45) is 0 Å². The van der Waals surface area contributed by atoms with E-state index >= 15 is 0 Å². The van der Waals surface area contributed by atoms with E-state index in [1.54, 1.807) is 0 Å². The molecular weight excluding hydrogens is 248 g/mol. The topological polar surface area (TPSA) is 32.3 Å². The summed E-state index contributed by atoms with van der Waals surface area (Å²) >= 11 is 0. The second-order valence-corrected chi connectivity index (χ2v) is 6.44. The molecule has 1 saturated heterocycles. The number of amides is 1. The van der Waals surface area contributed by atoms with Gasteiger partial charge >= 0.3 is 0 Å². The van der Waals surface area contributed by atoms with E-state index in [-0.39, 0.29) is 12.1 Å². The highest BCUT2D eigenvalue weighted by molar-refractivity contribution is 5.89. The van der Waals surface area contributed by atoms with E-state index in [0.717, 1.165) is 19.3 Å². The molecule has 108 valence electrons. The van der Waals surface area contributed by atoms with Crippen LogP contribution >= 0.6 is 0 Å². The summed E-state index contributed by atoms with van der Waals surface area (Å²) in [6, 6.07) is 8.93. The average Bonchev–Trinajstić information content (AvgIpc) is 2.63. The Kier molecular flexibility index (Phi) is 3.33. The first-order valence-electron chi connectivity index (χ1n) is 7.72. The number of carbonyl (C=O) groups is 1. The van der Waals surface area contributed by atoms with Crippen molar-refractivity contribution in [2.75, 3.05) is 0 Å². The van der Waals surface area contributed by atoms with Gasteiger partial charge in [-0.3, -0.25) is 10.1 Å². The molecule has 1 N–H and O–H groups in total. The molecule has 1 aliphatic carbocycles. The van der Waals surface area contributed by atoms with Gasteiger partial charge in [-0.15, -0.1) is 0 Å². The van der Waals surface area contributed by atoms with Crippen molar-refractivity contribution >= 4 is 5.91 Å². The molecule has 2 aliphatic rings. The Bertz CT molecular complexity index is 523. The minimum atomic E-state index is -0.413. The van der Waals surface area contributed by atoms with Crippen molar-refractivity contribution in [3.05, 3.63) is 35.4 Å². The number of nitrogens with one attached hydrogen (secondary N) is 1. The molecule has 1 heterocycles. The van der Waals surface area contributed by atoms with Gasteiger partial charge in [0.15, 0.2) is 0 Å². The van der Waals surface area contributed by atoms with Crippen LogP contribution < -0.4 is 5.32 Å². The summed E-state index contributed by atoms with van der Waals surface area (Å²) in [4.78, 5) is 14.9. The van der Waals surface area contributed by atoms with Crippen molar-refractivity contribution in [3.63, 3.8) is 0 Å². The van der Waals surface area contributed by atoms with E-state index < -0.39 is 5.54 Å². The first-order valence-corrected chi connectivity index (χ1v) is 7.72. The maximum Gasteiger partial charge on any atom is 0.244 e. The van der Waals surface area contributed by atoms with Crippen LogP contribution in [0.1, 0.15) is 56.8 Å². The maximum atomic E-state index is 12.8. The molecule has 2 atom stereocenters. The predicted octanol–water partition coefficient (Wildman–Crippen LogP) is 3.15. The summed E-state index contributed by atoms with van der Waals surface area (Å²) in [6.07, 6.45) is 4.41. The third kappa shape index (κ3) is 2.05. The lowest BCUT2D eigenvalue weighted by Gasteiger charge is -2.38. The summed E-state index contributed by atoms with van der Waals surface area (Å²) < 4.78 is 0. The largest absolute Gasteiger partial charge is 0.318 e. The van der Waals surface area contributed by atoms with E-state index in [0.29, 0.717) is 6.04 Å². The molecule has 2 unspecified atom stereocenters. The molecule has 3 nitrogen and oxygen atoms in total. The second-order valence-electron chi connectivity index (χ2n) is 6.44. The van der Waals surface area contributed by atoms with E-state index in [4.69, 9.17) is 0 Å². The number of carbonyl (C=O) groups excluding carboxylic acids is 1. The lowest BCUT2D eigenvalue weighted by Crippen LogP contribution is -2.46. The Labute approximate surface area is 121 Å². The summed E-state index contributed by atoms with van der Waals surface area (Å²) in [5.74, 6) is 0.274. The molecule has 2 fully saturated rings. The van der Waals surface area contributed by atoms with E-state index in [2.05, 4.69) is 48.3 Å². The van der Waals surface area contributed by atoms with E-state index in [9.17, 15) is 4.79 Å². The molecule has 1 amide bonds. The van der Waals surface area contributed by atoms with Crippen LogP contribution in [-0.4, -0.2) is 22.4 Å². The highest BCUT2D eigenvalue weighted by atomic mass is 16.2. The van der Waals surface area contributed by atoms with Gasteiger partial charge in [0.25, 0.3) is 0 Å². The van der Waals surface area contributed by atoms with Gasteiger partial charge in [-0.05, 0) is 45.1 Å². The first kappa shape index (κ1) is 13.6. The van der Waals surface area contributed by atoms with Crippen LogP contribution in [0.15, 0.2) is 24.3 Å². The van der Waals surface area contributed by atoms with Gasteiger partial charge in [-0.25, -0.2) is 0 Å². The Morgan fingerprint density at radius 3 is 2.70 bits per heavy atom. The van der Waals surface area contributed by atoms with Crippen LogP contribution in [-0.2, 0) is 4.79 Å². The molecule has 20 heavy (non-hydrogen) atoms. The molecular formula is C17H24N2O. The SMILES string of the molecule is CCC1(C)NC(c2cccc(C)c2)N(C2CCC2)C1=O. The number of hydrogen-bond donors (Lipinski definition) is 1. The average molecular weight is 272 g/mol. The molecule has 1 aliphatic heterocycles. The number of hydrogen-bond acceptors (Lipinski definition) is 2. The fourth-order valence-corrected chi connectivity index (χ4v) is 3.21. The molecule has 0 bridgehead atoms. The zero-order valence-electron chi connectivity index (χ0n) is 12.6. The molecule has 0 spiro atoms. The second kappa shape index (κ2) is 4.88. The third-order valence-electron chi connectivity index (χ3n) is 4.97. The zero-order valence-corrected chi connectivity index (χ0v) is 12.6. The van der Waals surface area contributed by atoms with Gasteiger partial charge in [0.05, 0.1) is 5.54 Å². The predicted molar refractivity (Wildman–Crippen MR) is 80.2 cm³/mol. The summed E-state index contributed by atoms with van der Waals surface area (Å²) in [7, 11) is 0. The van der Waals surface area contributed by atoms with Crippen molar-refractivity contribution in [3.8, 4) is 0 Å². The van der Waals surface area contributed by atoms with E-state index in [1.807, 2.05) is 6.92 Å². The zero-order chi connectivity index (χ0) is 14.3. The summed E-state index contributed by atoms with van der Waals surface area (Å²) in [5.41, 5.74) is 2.04. The third-order valence-corrected chi connectivity index (χ3v) is 4.97. The van der Waals surface area contributed by atoms with Crippen LogP contribution in [0, 0.1) is 6.92 Å². The molecule has 0 radical (unpaired) electrons. The smallest absolute Gasteiger partial charge is 0.244 e. The Balaban J connectivity index is 1.97. The molecule has 3 heteroatoms.